The lowest BCUT2D eigenvalue weighted by molar-refractivity contribution is 0.432. The molecule has 1 saturated heterocycles. The number of nitrogens with zero attached hydrogens (tertiary/aromatic N) is 1. The molecule has 3 heteroatoms. The van der Waals surface area contributed by atoms with Crippen molar-refractivity contribution in [3.05, 3.63) is 52.1 Å². The van der Waals surface area contributed by atoms with Gasteiger partial charge in [-0.15, -0.1) is 0 Å². The van der Waals surface area contributed by atoms with Gasteiger partial charge in [0.25, 0.3) is 0 Å². The second kappa shape index (κ2) is 7.47. The van der Waals surface area contributed by atoms with E-state index >= 15 is 0 Å². The number of hydrogen-bond donors (Lipinski definition) is 0. The van der Waals surface area contributed by atoms with Crippen LogP contribution in [0.5, 0.6) is 0 Å². The third kappa shape index (κ3) is 3.37. The van der Waals surface area contributed by atoms with Gasteiger partial charge in [0.1, 0.15) is 5.76 Å². The van der Waals surface area contributed by atoms with E-state index in [1.807, 2.05) is 30.3 Å². The zero-order valence-electron chi connectivity index (χ0n) is 14.9. The summed E-state index contributed by atoms with van der Waals surface area (Å²) in [5, 5.41) is 0. The van der Waals surface area contributed by atoms with Crippen LogP contribution in [0.4, 0.5) is 5.69 Å². The molecule has 132 valence electrons. The van der Waals surface area contributed by atoms with E-state index in [2.05, 4.69) is 4.90 Å². The highest BCUT2D eigenvalue weighted by molar-refractivity contribution is 5.80. The minimum Gasteiger partial charge on any atom is -0.427 e. The molecule has 3 nitrogen and oxygen atoms in total. The minimum atomic E-state index is -0.161. The molecule has 1 aromatic carbocycles. The number of anilines is 1. The summed E-state index contributed by atoms with van der Waals surface area (Å²) in [7, 11) is 0. The Morgan fingerprint density at radius 1 is 0.800 bits per heavy atom. The topological polar surface area (TPSA) is 33.5 Å². The Morgan fingerprint density at radius 2 is 1.48 bits per heavy atom. The summed E-state index contributed by atoms with van der Waals surface area (Å²) in [6.07, 6.45) is 10.5. The second-order valence-corrected chi connectivity index (χ2v) is 7.34. The van der Waals surface area contributed by atoms with E-state index in [-0.39, 0.29) is 5.63 Å². The Hall–Kier alpha value is -2.03. The lowest BCUT2D eigenvalue weighted by Crippen LogP contribution is -2.32. The van der Waals surface area contributed by atoms with E-state index in [4.69, 9.17) is 4.42 Å². The molecule has 2 aromatic rings. The molecule has 0 amide bonds. The predicted octanol–water partition coefficient (Wildman–Crippen LogP) is 4.96. The van der Waals surface area contributed by atoms with Gasteiger partial charge in [-0.2, -0.15) is 0 Å². The number of piperidine rings is 1. The highest BCUT2D eigenvalue weighted by Gasteiger charge is 2.26. The van der Waals surface area contributed by atoms with Crippen molar-refractivity contribution in [2.75, 3.05) is 18.0 Å². The maximum Gasteiger partial charge on any atom is 0.345 e. The fourth-order valence-corrected chi connectivity index (χ4v) is 4.33. The summed E-state index contributed by atoms with van der Waals surface area (Å²) in [6.45, 7) is 2.10. The first-order valence-corrected chi connectivity index (χ1v) is 9.84. The van der Waals surface area contributed by atoms with Crippen molar-refractivity contribution in [1.82, 2.24) is 0 Å². The predicted molar refractivity (Wildman–Crippen MR) is 102 cm³/mol. The number of benzene rings is 1. The van der Waals surface area contributed by atoms with Gasteiger partial charge in [0.2, 0.25) is 0 Å². The van der Waals surface area contributed by atoms with E-state index in [1.165, 1.54) is 49.8 Å². The van der Waals surface area contributed by atoms with Crippen LogP contribution in [0.1, 0.15) is 56.3 Å². The molecule has 0 saturated carbocycles. The van der Waals surface area contributed by atoms with Gasteiger partial charge < -0.3 is 9.32 Å². The molecule has 1 fully saturated rings. The van der Waals surface area contributed by atoms with Crippen LogP contribution in [0.25, 0.3) is 11.1 Å². The van der Waals surface area contributed by atoms with Gasteiger partial charge in [-0.05, 0) is 44.1 Å². The number of fused-ring (bicyclic) bond motifs is 1. The van der Waals surface area contributed by atoms with Crippen molar-refractivity contribution in [2.45, 2.75) is 57.8 Å². The summed E-state index contributed by atoms with van der Waals surface area (Å²) in [5.41, 5.74) is 4.09. The van der Waals surface area contributed by atoms with Crippen molar-refractivity contribution in [3.8, 4) is 11.1 Å². The molecule has 0 atom stereocenters. The quantitative estimate of drug-likeness (QED) is 0.777. The standard InChI is InChI=1S/C22H27NO2/c24-22-20(17-11-5-3-6-12-17)21(23-15-9-4-10-16-23)18-13-7-1-2-8-14-19(18)25-22/h3,5-6,11-12H,1-2,4,7-10,13-16H2. The van der Waals surface area contributed by atoms with Crippen molar-refractivity contribution in [3.63, 3.8) is 0 Å². The third-order valence-electron chi connectivity index (χ3n) is 5.59. The summed E-state index contributed by atoms with van der Waals surface area (Å²) >= 11 is 0. The van der Waals surface area contributed by atoms with E-state index in [9.17, 15) is 4.79 Å². The Labute approximate surface area is 149 Å². The van der Waals surface area contributed by atoms with Gasteiger partial charge >= 0.3 is 5.63 Å². The highest BCUT2D eigenvalue weighted by Crippen LogP contribution is 2.37. The molecular formula is C22H27NO2. The molecule has 0 N–H and O–H groups in total. The van der Waals surface area contributed by atoms with Crippen LogP contribution in [-0.4, -0.2) is 13.1 Å². The van der Waals surface area contributed by atoms with Crippen LogP contribution >= 0.6 is 0 Å². The van der Waals surface area contributed by atoms with Crippen molar-refractivity contribution < 1.29 is 4.42 Å². The maximum atomic E-state index is 13.0. The van der Waals surface area contributed by atoms with E-state index in [1.54, 1.807) is 0 Å². The SMILES string of the molecule is O=c1oc2c(c(N3CCCCC3)c1-c1ccccc1)CCCCCC2. The zero-order valence-corrected chi connectivity index (χ0v) is 14.9. The van der Waals surface area contributed by atoms with Gasteiger partial charge in [0.05, 0.1) is 11.3 Å². The van der Waals surface area contributed by atoms with E-state index < -0.39 is 0 Å². The van der Waals surface area contributed by atoms with Crippen LogP contribution in [0, 0.1) is 0 Å². The average Bonchev–Trinajstić information content (AvgIpc) is 2.64. The average molecular weight is 337 g/mol. The van der Waals surface area contributed by atoms with Gasteiger partial charge in [-0.1, -0.05) is 43.2 Å². The molecule has 1 aromatic heterocycles. The van der Waals surface area contributed by atoms with Crippen molar-refractivity contribution >= 4 is 5.69 Å². The summed E-state index contributed by atoms with van der Waals surface area (Å²) in [6, 6.07) is 10.1. The normalized spacial score (nSPS) is 18.3. The molecule has 1 aliphatic carbocycles. The van der Waals surface area contributed by atoms with Gasteiger partial charge in [-0.3, -0.25) is 0 Å². The smallest absolute Gasteiger partial charge is 0.345 e. The minimum absolute atomic E-state index is 0.161. The Bertz CT molecular complexity index is 773. The van der Waals surface area contributed by atoms with Crippen LogP contribution in [-0.2, 0) is 12.8 Å². The molecule has 0 bridgehead atoms. The number of hydrogen-bond acceptors (Lipinski definition) is 3. The lowest BCUT2D eigenvalue weighted by atomic mass is 9.92. The van der Waals surface area contributed by atoms with E-state index in [0.29, 0.717) is 0 Å². The number of rotatable bonds is 2. The molecule has 0 spiro atoms. The Morgan fingerprint density at radius 3 is 2.24 bits per heavy atom. The Balaban J connectivity index is 1.92. The van der Waals surface area contributed by atoms with Crippen molar-refractivity contribution in [1.29, 1.82) is 0 Å². The number of aryl methyl sites for hydroxylation is 1. The first-order chi connectivity index (χ1) is 12.3. The third-order valence-corrected chi connectivity index (χ3v) is 5.59. The molecule has 2 aliphatic rings. The monoisotopic (exact) mass is 337 g/mol. The van der Waals surface area contributed by atoms with Crippen LogP contribution in [0.15, 0.2) is 39.5 Å². The van der Waals surface area contributed by atoms with Crippen LogP contribution < -0.4 is 10.5 Å². The Kier molecular flexibility index (Phi) is 4.91. The largest absolute Gasteiger partial charge is 0.427 e. The zero-order chi connectivity index (χ0) is 17.1. The van der Waals surface area contributed by atoms with Gasteiger partial charge in [0.15, 0.2) is 0 Å². The fourth-order valence-electron chi connectivity index (χ4n) is 4.33. The summed E-state index contributed by atoms with van der Waals surface area (Å²) in [5.74, 6) is 0.949. The molecule has 1 aliphatic heterocycles. The van der Waals surface area contributed by atoms with Crippen LogP contribution in [0.2, 0.25) is 0 Å². The molecule has 4 rings (SSSR count). The van der Waals surface area contributed by atoms with E-state index in [0.717, 1.165) is 49.2 Å². The van der Waals surface area contributed by atoms with Gasteiger partial charge in [0, 0.05) is 25.1 Å². The molecule has 25 heavy (non-hydrogen) atoms. The van der Waals surface area contributed by atoms with Crippen LogP contribution in [0.3, 0.4) is 0 Å². The maximum absolute atomic E-state index is 13.0. The summed E-state index contributed by atoms with van der Waals surface area (Å²) < 4.78 is 5.87. The van der Waals surface area contributed by atoms with Gasteiger partial charge in [-0.25, -0.2) is 4.79 Å². The molecule has 0 unspecified atom stereocenters. The van der Waals surface area contributed by atoms with Crippen molar-refractivity contribution in [2.24, 2.45) is 0 Å². The first-order valence-electron chi connectivity index (χ1n) is 9.84. The molecular weight excluding hydrogens is 310 g/mol. The first kappa shape index (κ1) is 16.4. The second-order valence-electron chi connectivity index (χ2n) is 7.34. The molecule has 2 heterocycles. The summed E-state index contributed by atoms with van der Waals surface area (Å²) in [4.78, 5) is 15.4. The molecule has 0 radical (unpaired) electrons. The fraction of sp³-hybridized carbons (Fsp3) is 0.500. The highest BCUT2D eigenvalue weighted by atomic mass is 16.4. The lowest BCUT2D eigenvalue weighted by Gasteiger charge is -2.33.